The van der Waals surface area contributed by atoms with Gasteiger partial charge < -0.3 is 5.32 Å². The van der Waals surface area contributed by atoms with Gasteiger partial charge in [-0.15, -0.1) is 0 Å². The van der Waals surface area contributed by atoms with Crippen LogP contribution in [0.25, 0.3) is 0 Å². The van der Waals surface area contributed by atoms with E-state index in [0.29, 0.717) is 30.8 Å². The molecule has 1 fully saturated rings. The summed E-state index contributed by atoms with van der Waals surface area (Å²) in [4.78, 5) is 26.3. The average molecular weight is 379 g/mol. The Morgan fingerprint density at radius 3 is 2.42 bits per heavy atom. The van der Waals surface area contributed by atoms with E-state index in [4.69, 9.17) is 0 Å². The lowest BCUT2D eigenvalue weighted by atomic mass is 10.1. The number of hydrogen-bond acceptors (Lipinski definition) is 4. The molecule has 8 heteroatoms. The van der Waals surface area contributed by atoms with Crippen molar-refractivity contribution in [1.29, 1.82) is 0 Å². The minimum atomic E-state index is -3.58. The molecule has 1 heterocycles. The van der Waals surface area contributed by atoms with Gasteiger partial charge in [0.25, 0.3) is 0 Å². The van der Waals surface area contributed by atoms with Crippen molar-refractivity contribution in [1.82, 2.24) is 9.62 Å². The summed E-state index contributed by atoms with van der Waals surface area (Å²) < 4.78 is 26.9. The highest BCUT2D eigenvalue weighted by Crippen LogP contribution is 2.35. The van der Waals surface area contributed by atoms with Crippen LogP contribution in [0.1, 0.15) is 39.2 Å². The fourth-order valence-corrected chi connectivity index (χ4v) is 4.93. The fraction of sp³-hybridized carbons (Fsp3) is 0.556. The third-order valence-corrected chi connectivity index (χ3v) is 6.99. The van der Waals surface area contributed by atoms with Crippen molar-refractivity contribution in [3.63, 3.8) is 0 Å². The number of rotatable bonds is 6. The molecule has 26 heavy (non-hydrogen) atoms. The van der Waals surface area contributed by atoms with Gasteiger partial charge in [0.1, 0.15) is 6.04 Å². The minimum Gasteiger partial charge on any atom is -0.352 e. The molecule has 1 aromatic carbocycles. The molecule has 0 bridgehead atoms. The van der Waals surface area contributed by atoms with Gasteiger partial charge in [0.05, 0.1) is 4.90 Å². The zero-order valence-corrected chi connectivity index (χ0v) is 16.2. The summed E-state index contributed by atoms with van der Waals surface area (Å²) in [5.41, 5.74) is 1.33. The smallest absolute Gasteiger partial charge is 0.243 e. The monoisotopic (exact) mass is 379 g/mol. The summed E-state index contributed by atoms with van der Waals surface area (Å²) in [6.07, 6.45) is 2.27. The maximum Gasteiger partial charge on any atom is 0.243 e. The van der Waals surface area contributed by atoms with Crippen LogP contribution >= 0.6 is 0 Å². The number of hydrogen-bond donors (Lipinski definition) is 1. The van der Waals surface area contributed by atoms with E-state index in [1.165, 1.54) is 22.2 Å². The highest BCUT2D eigenvalue weighted by Gasteiger charge is 2.39. The predicted molar refractivity (Wildman–Crippen MR) is 98.4 cm³/mol. The lowest BCUT2D eigenvalue weighted by Crippen LogP contribution is -2.47. The van der Waals surface area contributed by atoms with E-state index in [2.05, 4.69) is 5.32 Å². The third-order valence-electron chi connectivity index (χ3n) is 4.94. The third kappa shape index (κ3) is 3.35. The molecule has 3 rings (SSSR count). The first-order valence-corrected chi connectivity index (χ1v) is 10.5. The van der Waals surface area contributed by atoms with Crippen LogP contribution < -0.4 is 10.2 Å². The summed E-state index contributed by atoms with van der Waals surface area (Å²) in [7, 11) is -3.58. The van der Waals surface area contributed by atoms with Crippen LogP contribution in [-0.4, -0.2) is 49.7 Å². The molecular weight excluding hydrogens is 354 g/mol. The molecule has 0 radical (unpaired) electrons. The molecule has 142 valence electrons. The Balaban J connectivity index is 1.93. The van der Waals surface area contributed by atoms with Crippen LogP contribution in [0, 0.1) is 0 Å². The first kappa shape index (κ1) is 18.8. The molecule has 1 N–H and O–H groups in total. The highest BCUT2D eigenvalue weighted by molar-refractivity contribution is 7.89. The van der Waals surface area contributed by atoms with Crippen molar-refractivity contribution < 1.29 is 18.0 Å². The van der Waals surface area contributed by atoms with Crippen LogP contribution in [0.3, 0.4) is 0 Å². The van der Waals surface area contributed by atoms with Gasteiger partial charge in [0, 0.05) is 38.2 Å². The summed E-state index contributed by atoms with van der Waals surface area (Å²) in [5.74, 6) is -0.397. The molecule has 2 amide bonds. The van der Waals surface area contributed by atoms with Crippen LogP contribution in [0.2, 0.25) is 0 Å². The van der Waals surface area contributed by atoms with E-state index in [0.717, 1.165) is 12.8 Å². The number of sulfonamides is 1. The molecule has 1 saturated carbocycles. The standard InChI is InChI=1S/C18H25N3O4S/c1-4-20(5-2)26(24,25)15-8-9-16-13(10-15)11-17(21(16)12(3)22)18(23)19-14-6-7-14/h8-10,14,17H,4-7,11H2,1-3H3,(H,19,23)/t17-/m0/s1. The van der Waals surface area contributed by atoms with E-state index < -0.39 is 16.1 Å². The van der Waals surface area contributed by atoms with Gasteiger partial charge in [-0.1, -0.05) is 13.8 Å². The van der Waals surface area contributed by atoms with Gasteiger partial charge in [-0.25, -0.2) is 8.42 Å². The Labute approximate surface area is 154 Å². The van der Waals surface area contributed by atoms with Crippen LogP contribution in [0.4, 0.5) is 5.69 Å². The van der Waals surface area contributed by atoms with Crippen molar-refractivity contribution >= 4 is 27.5 Å². The van der Waals surface area contributed by atoms with E-state index in [9.17, 15) is 18.0 Å². The van der Waals surface area contributed by atoms with Crippen LogP contribution in [-0.2, 0) is 26.0 Å². The Morgan fingerprint density at radius 2 is 1.88 bits per heavy atom. The summed E-state index contributed by atoms with van der Waals surface area (Å²) in [5, 5.41) is 2.94. The molecule has 1 atom stereocenters. The van der Waals surface area contributed by atoms with Gasteiger partial charge in [0.2, 0.25) is 21.8 Å². The number of anilines is 1. The van der Waals surface area contributed by atoms with Crippen molar-refractivity contribution in [2.75, 3.05) is 18.0 Å². The molecule has 1 aliphatic heterocycles. The maximum absolute atomic E-state index is 12.7. The van der Waals surface area contributed by atoms with E-state index in [1.807, 2.05) is 0 Å². The molecular formula is C18H25N3O4S. The van der Waals surface area contributed by atoms with Gasteiger partial charge in [-0.3, -0.25) is 14.5 Å². The minimum absolute atomic E-state index is 0.174. The summed E-state index contributed by atoms with van der Waals surface area (Å²) >= 11 is 0. The Bertz CT molecular complexity index is 829. The molecule has 1 aromatic rings. The van der Waals surface area contributed by atoms with Crippen molar-refractivity contribution in [2.24, 2.45) is 0 Å². The zero-order valence-electron chi connectivity index (χ0n) is 15.4. The average Bonchev–Trinajstić information content (AvgIpc) is 3.31. The number of carbonyl (C=O) groups excluding carboxylic acids is 2. The van der Waals surface area contributed by atoms with Gasteiger partial charge >= 0.3 is 0 Å². The number of fused-ring (bicyclic) bond motifs is 1. The molecule has 1 aliphatic carbocycles. The van der Waals surface area contributed by atoms with Crippen LogP contribution in [0.15, 0.2) is 23.1 Å². The van der Waals surface area contributed by atoms with Crippen molar-refractivity contribution in [3.8, 4) is 0 Å². The lowest BCUT2D eigenvalue weighted by Gasteiger charge is -2.23. The Kier molecular flexibility index (Phi) is 5.07. The fourth-order valence-electron chi connectivity index (χ4n) is 3.43. The zero-order chi connectivity index (χ0) is 19.1. The first-order chi connectivity index (χ1) is 12.3. The topological polar surface area (TPSA) is 86.8 Å². The SMILES string of the molecule is CCN(CC)S(=O)(=O)c1ccc2c(c1)C[C@@H](C(=O)NC1CC1)N2C(C)=O. The van der Waals surface area contributed by atoms with E-state index in [1.54, 1.807) is 26.0 Å². The Morgan fingerprint density at radius 1 is 1.23 bits per heavy atom. The lowest BCUT2D eigenvalue weighted by molar-refractivity contribution is -0.125. The van der Waals surface area contributed by atoms with Gasteiger partial charge in [-0.2, -0.15) is 4.31 Å². The number of carbonyl (C=O) groups is 2. The molecule has 0 unspecified atom stereocenters. The van der Waals surface area contributed by atoms with E-state index in [-0.39, 0.29) is 22.8 Å². The second kappa shape index (κ2) is 7.00. The molecule has 0 spiro atoms. The first-order valence-electron chi connectivity index (χ1n) is 9.02. The number of amides is 2. The van der Waals surface area contributed by atoms with Gasteiger partial charge in [-0.05, 0) is 36.6 Å². The quantitative estimate of drug-likeness (QED) is 0.806. The summed E-state index contributed by atoms with van der Waals surface area (Å²) in [6.45, 7) is 5.80. The van der Waals surface area contributed by atoms with Crippen LogP contribution in [0.5, 0.6) is 0 Å². The highest BCUT2D eigenvalue weighted by atomic mass is 32.2. The maximum atomic E-state index is 12.7. The van der Waals surface area contributed by atoms with E-state index >= 15 is 0 Å². The summed E-state index contributed by atoms with van der Waals surface area (Å²) in [6, 6.07) is 4.35. The molecule has 0 saturated heterocycles. The molecule has 2 aliphatic rings. The number of benzene rings is 1. The number of nitrogens with zero attached hydrogens (tertiary/aromatic N) is 2. The van der Waals surface area contributed by atoms with Crippen molar-refractivity contribution in [2.45, 2.75) is 57.0 Å². The predicted octanol–water partition coefficient (Wildman–Crippen LogP) is 1.27. The number of nitrogens with one attached hydrogen (secondary N) is 1. The second-order valence-corrected chi connectivity index (χ2v) is 8.71. The second-order valence-electron chi connectivity index (χ2n) is 6.77. The normalized spacial score (nSPS) is 19.5. The van der Waals surface area contributed by atoms with Crippen molar-refractivity contribution in [3.05, 3.63) is 23.8 Å². The molecule has 7 nitrogen and oxygen atoms in total. The largest absolute Gasteiger partial charge is 0.352 e. The Hall–Kier alpha value is -1.93. The van der Waals surface area contributed by atoms with Gasteiger partial charge in [0.15, 0.2) is 0 Å². The molecule has 0 aromatic heterocycles.